The van der Waals surface area contributed by atoms with Crippen LogP contribution in [-0.2, 0) is 46.2 Å². The summed E-state index contributed by atoms with van der Waals surface area (Å²) in [7, 11) is 0. The number of carboxylic acid groups (broad SMARTS) is 1. The number of nitrogens with one attached hydrogen (secondary N) is 1. The molecule has 2 bridgehead atoms. The molecule has 0 aromatic carbocycles. The summed E-state index contributed by atoms with van der Waals surface area (Å²) in [6, 6.07) is -1.28. The Hall–Kier alpha value is -3.12. The first kappa shape index (κ1) is 42.0. The molecule has 3 aliphatic heterocycles. The van der Waals surface area contributed by atoms with E-state index in [2.05, 4.69) is 5.32 Å². The fourth-order valence-corrected chi connectivity index (χ4v) is 7.43. The molecule has 1 saturated carbocycles. The molecule has 0 spiro atoms. The van der Waals surface area contributed by atoms with Crippen LogP contribution in [0.15, 0.2) is 12.2 Å². The number of carbonyl (C=O) groups excluding carboxylic acids is 1. The molecule has 54 heavy (non-hydrogen) atoms. The van der Waals surface area contributed by atoms with E-state index < -0.39 is 134 Å². The second kappa shape index (κ2) is 16.2. The summed E-state index contributed by atoms with van der Waals surface area (Å²) < 4.78 is 30.1. The maximum atomic E-state index is 12.2. The molecule has 1 aromatic rings. The lowest BCUT2D eigenvalue weighted by Crippen LogP contribution is -2.59. The van der Waals surface area contributed by atoms with Crippen molar-refractivity contribution >= 4 is 12.1 Å². The summed E-state index contributed by atoms with van der Waals surface area (Å²) in [4.78, 5) is 24.0. The highest BCUT2D eigenvalue weighted by Gasteiger charge is 2.62. The van der Waals surface area contributed by atoms with Gasteiger partial charge in [0.05, 0.1) is 43.2 Å². The van der Waals surface area contributed by atoms with Crippen LogP contribution in [0.3, 0.4) is 0 Å². The first-order valence-corrected chi connectivity index (χ1v) is 17.8. The van der Waals surface area contributed by atoms with Gasteiger partial charge in [0, 0.05) is 19.1 Å². The van der Waals surface area contributed by atoms with Crippen LogP contribution in [-0.4, -0.2) is 166 Å². The number of aliphatic hydroxyl groups is 8. The number of amides is 1. The van der Waals surface area contributed by atoms with Gasteiger partial charge in [-0.25, -0.2) is 9.59 Å². The number of rotatable bonds is 15. The summed E-state index contributed by atoms with van der Waals surface area (Å²) in [5.74, 6) is -3.04. The number of aliphatic carboxylic acids is 1. The molecule has 4 heterocycles. The van der Waals surface area contributed by atoms with Gasteiger partial charge in [0.2, 0.25) is 11.8 Å². The molecule has 4 aliphatic rings. The molecule has 20 nitrogen and oxygen atoms in total. The number of aromatic nitrogens is 1. The Kier molecular flexibility index (Phi) is 12.6. The number of fused-ring (bicyclic) bond motifs is 5. The molecular weight excluding hydrogens is 724 g/mol. The van der Waals surface area contributed by atoms with Crippen molar-refractivity contribution in [3.05, 3.63) is 23.3 Å². The van der Waals surface area contributed by atoms with E-state index in [1.807, 2.05) is 0 Å². The number of nitrogens with zero attached hydrogens (tertiary/aromatic N) is 1. The van der Waals surface area contributed by atoms with Gasteiger partial charge in [-0.3, -0.25) is 4.57 Å². The highest BCUT2D eigenvalue weighted by atomic mass is 16.7. The third-order valence-electron chi connectivity index (χ3n) is 10.3. The molecule has 1 saturated heterocycles. The molecule has 1 amide bonds. The zero-order valence-corrected chi connectivity index (χ0v) is 30.1. The molecule has 1 aromatic heterocycles. The lowest BCUT2D eigenvalue weighted by Gasteiger charge is -2.41. The van der Waals surface area contributed by atoms with Gasteiger partial charge in [-0.2, -0.15) is 0 Å². The first-order valence-electron chi connectivity index (χ1n) is 17.8. The summed E-state index contributed by atoms with van der Waals surface area (Å²) in [6.45, 7) is 2.69. The second-order valence-corrected chi connectivity index (χ2v) is 15.3. The predicted octanol–water partition coefficient (Wildman–Crippen LogP) is -2.67. The lowest BCUT2D eigenvalue weighted by molar-refractivity contribution is -0.310. The zero-order chi connectivity index (χ0) is 39.9. The summed E-state index contributed by atoms with van der Waals surface area (Å²) in [6.07, 6.45) is -11.3. The van der Waals surface area contributed by atoms with Crippen molar-refractivity contribution in [1.82, 2.24) is 9.88 Å². The van der Waals surface area contributed by atoms with E-state index in [9.17, 15) is 65.8 Å². The van der Waals surface area contributed by atoms with Crippen LogP contribution in [0.4, 0.5) is 4.79 Å². The Morgan fingerprint density at radius 1 is 0.870 bits per heavy atom. The summed E-state index contributed by atoms with van der Waals surface area (Å²) in [5.41, 5.74) is -4.12. The number of alkyl carbamates (subject to hydrolysis) is 1. The maximum absolute atomic E-state index is 12.2. The van der Waals surface area contributed by atoms with Crippen molar-refractivity contribution in [2.75, 3.05) is 26.4 Å². The van der Waals surface area contributed by atoms with Crippen molar-refractivity contribution in [3.63, 3.8) is 0 Å². The highest BCUT2D eigenvalue weighted by molar-refractivity contribution is 5.80. The Bertz CT molecular complexity index is 1450. The van der Waals surface area contributed by atoms with Gasteiger partial charge < -0.3 is 85.2 Å². The Morgan fingerprint density at radius 3 is 2.02 bits per heavy atom. The topological polar surface area (TPSA) is 320 Å². The fraction of sp³-hybridized carbons (Fsp3) is 0.765. The Balaban J connectivity index is 1.37. The second-order valence-electron chi connectivity index (χ2n) is 15.3. The van der Waals surface area contributed by atoms with E-state index in [1.54, 1.807) is 20.8 Å². The van der Waals surface area contributed by atoms with E-state index in [0.29, 0.717) is 0 Å². The number of ether oxygens (including phenoxy) is 5. The number of hydrogen-bond acceptors (Lipinski definition) is 17. The van der Waals surface area contributed by atoms with E-state index in [1.165, 1.54) is 12.2 Å². The van der Waals surface area contributed by atoms with Crippen LogP contribution in [0.5, 0.6) is 11.8 Å². The smallest absolute Gasteiger partial charge is 0.408 e. The molecular formula is C34H52N2O18. The average molecular weight is 777 g/mol. The minimum atomic E-state index is -1.77. The van der Waals surface area contributed by atoms with E-state index in [4.69, 9.17) is 23.7 Å². The minimum Gasteiger partial charge on any atom is -0.494 e. The zero-order valence-electron chi connectivity index (χ0n) is 30.1. The molecule has 1 aliphatic carbocycles. The van der Waals surface area contributed by atoms with Crippen molar-refractivity contribution < 1.29 is 89.4 Å². The van der Waals surface area contributed by atoms with Crippen LogP contribution >= 0.6 is 0 Å². The number of aliphatic hydroxyl groups excluding tert-OH is 8. The standard InChI is InChI=1S/C34H52N2O18/c1-32(2,3)53-31(49)35-16(29(47)48)6-4-5-9-36-27(45)19-20(28(36)46)34(14-51-30-26(44)25(43)23(41)18(12-38)52-30)8-7-33(19,54-34)13-50-17-10-15(11-37)21(39)24(42)22(17)40/h7-8,15-18,21-26,30,37-46H,4-6,9-14H2,1-3H3,(H,35,49)(H,47,48)/t15?,16?,17-,18?,21+,22?,23+,24+,25+,26?,30-,33?,34?/m1/s1. The predicted molar refractivity (Wildman–Crippen MR) is 179 cm³/mol. The molecule has 306 valence electrons. The summed E-state index contributed by atoms with van der Waals surface area (Å²) >= 11 is 0. The molecule has 12 N–H and O–H groups in total. The fourth-order valence-electron chi connectivity index (χ4n) is 7.43. The third kappa shape index (κ3) is 8.06. The SMILES string of the molecule is CC(C)(C)OC(=O)NC(CCCCn1c(O)c2c(c1O)C1(CO[C@@H]3CC(CO)[C@H](O)[C@H](O)C3O)C=CC2(CO[C@@H]2OC(CO)[C@H](O)[C@H](O)C2O)O1)C(=O)O. The molecule has 2 fully saturated rings. The quantitative estimate of drug-likeness (QED) is 0.0639. The Morgan fingerprint density at radius 2 is 1.46 bits per heavy atom. The number of carboxylic acids is 1. The molecule has 5 rings (SSSR count). The van der Waals surface area contributed by atoms with Crippen LogP contribution in [0.2, 0.25) is 0 Å². The van der Waals surface area contributed by atoms with Crippen molar-refractivity contribution in [2.45, 2.75) is 131 Å². The van der Waals surface area contributed by atoms with Gasteiger partial charge in [-0.15, -0.1) is 0 Å². The van der Waals surface area contributed by atoms with Crippen molar-refractivity contribution in [3.8, 4) is 11.8 Å². The highest BCUT2D eigenvalue weighted by Crippen LogP contribution is 2.61. The van der Waals surface area contributed by atoms with Gasteiger partial charge in [-0.1, -0.05) is 0 Å². The minimum absolute atomic E-state index is 0.0184. The maximum Gasteiger partial charge on any atom is 0.408 e. The summed E-state index contributed by atoms with van der Waals surface area (Å²) in [5, 5.41) is 117. The van der Waals surface area contributed by atoms with Gasteiger partial charge in [0.1, 0.15) is 59.5 Å². The Labute approximate surface area is 309 Å². The molecule has 0 radical (unpaired) electrons. The van der Waals surface area contributed by atoms with Crippen LogP contribution < -0.4 is 5.32 Å². The number of carbonyl (C=O) groups is 2. The van der Waals surface area contributed by atoms with Gasteiger partial charge in [0.25, 0.3) is 0 Å². The monoisotopic (exact) mass is 776 g/mol. The normalized spacial score (nSPS) is 36.6. The average Bonchev–Trinajstić information content (AvgIpc) is 3.71. The van der Waals surface area contributed by atoms with Crippen LogP contribution in [0.1, 0.15) is 57.6 Å². The van der Waals surface area contributed by atoms with Crippen LogP contribution in [0.25, 0.3) is 0 Å². The van der Waals surface area contributed by atoms with Gasteiger partial charge >= 0.3 is 12.1 Å². The van der Waals surface area contributed by atoms with Gasteiger partial charge in [0.15, 0.2) is 6.29 Å². The molecule has 13 atom stereocenters. The van der Waals surface area contributed by atoms with E-state index in [-0.39, 0.29) is 43.4 Å². The van der Waals surface area contributed by atoms with Crippen molar-refractivity contribution in [2.24, 2.45) is 5.92 Å². The van der Waals surface area contributed by atoms with E-state index in [0.717, 1.165) is 4.57 Å². The van der Waals surface area contributed by atoms with Gasteiger partial charge in [-0.05, 0) is 58.6 Å². The number of unbranched alkanes of at least 4 members (excludes halogenated alkanes) is 1. The largest absolute Gasteiger partial charge is 0.494 e. The number of aromatic hydroxyl groups is 2. The van der Waals surface area contributed by atoms with E-state index >= 15 is 0 Å². The first-order chi connectivity index (χ1) is 25.3. The number of hydrogen-bond donors (Lipinski definition) is 12. The molecule has 20 heteroatoms. The van der Waals surface area contributed by atoms with Crippen LogP contribution in [0, 0.1) is 5.92 Å². The lowest BCUT2D eigenvalue weighted by atomic mass is 9.81. The van der Waals surface area contributed by atoms with Crippen molar-refractivity contribution in [1.29, 1.82) is 0 Å². The molecule has 7 unspecified atom stereocenters. The third-order valence-corrected chi connectivity index (χ3v) is 10.3.